The standard InChI is InChI=1S/C17H21ClN4O2.ClH/c18-14-2-4-15(5-3-14)24-13-11-20-16(23)17(6-9-19-10-7-17)22-12-1-8-21-22;/h1-5,8,12,19H,6-7,9-11,13H2,(H,20,23);1H. The molecule has 136 valence electrons. The fourth-order valence-corrected chi connectivity index (χ4v) is 3.08. The molecule has 25 heavy (non-hydrogen) atoms. The van der Waals surface area contributed by atoms with Crippen molar-refractivity contribution in [3.05, 3.63) is 47.7 Å². The van der Waals surface area contributed by atoms with Gasteiger partial charge < -0.3 is 15.4 Å². The summed E-state index contributed by atoms with van der Waals surface area (Å²) in [5.74, 6) is 0.727. The van der Waals surface area contributed by atoms with Crippen molar-refractivity contribution in [2.24, 2.45) is 0 Å². The highest BCUT2D eigenvalue weighted by atomic mass is 35.5. The normalized spacial score (nSPS) is 15.9. The summed E-state index contributed by atoms with van der Waals surface area (Å²) in [6, 6.07) is 9.01. The summed E-state index contributed by atoms with van der Waals surface area (Å²) < 4.78 is 7.40. The Morgan fingerprint density at radius 3 is 2.68 bits per heavy atom. The lowest BCUT2D eigenvalue weighted by molar-refractivity contribution is -0.132. The molecule has 6 nitrogen and oxygen atoms in total. The van der Waals surface area contributed by atoms with Crippen LogP contribution in [0, 0.1) is 0 Å². The van der Waals surface area contributed by atoms with Crippen molar-refractivity contribution in [1.29, 1.82) is 0 Å². The molecule has 1 aliphatic heterocycles. The molecule has 2 N–H and O–H groups in total. The summed E-state index contributed by atoms with van der Waals surface area (Å²) >= 11 is 5.84. The van der Waals surface area contributed by atoms with Gasteiger partial charge in [0.2, 0.25) is 5.91 Å². The monoisotopic (exact) mass is 384 g/mol. The Labute approximate surface area is 158 Å². The smallest absolute Gasteiger partial charge is 0.248 e. The summed E-state index contributed by atoms with van der Waals surface area (Å²) in [6.45, 7) is 2.45. The number of ether oxygens (including phenoxy) is 1. The van der Waals surface area contributed by atoms with E-state index in [0.29, 0.717) is 18.2 Å². The maximum atomic E-state index is 12.8. The molecule has 1 saturated heterocycles. The van der Waals surface area contributed by atoms with Crippen molar-refractivity contribution >= 4 is 29.9 Å². The van der Waals surface area contributed by atoms with E-state index >= 15 is 0 Å². The van der Waals surface area contributed by atoms with E-state index in [1.807, 2.05) is 24.4 Å². The highest BCUT2D eigenvalue weighted by Crippen LogP contribution is 2.27. The molecule has 2 heterocycles. The van der Waals surface area contributed by atoms with Crippen LogP contribution in [0.1, 0.15) is 12.8 Å². The number of carbonyl (C=O) groups is 1. The average Bonchev–Trinajstić information content (AvgIpc) is 3.16. The Kier molecular flexibility index (Phi) is 7.11. The zero-order valence-electron chi connectivity index (χ0n) is 13.8. The van der Waals surface area contributed by atoms with Crippen LogP contribution in [0.4, 0.5) is 0 Å². The molecule has 1 fully saturated rings. The van der Waals surface area contributed by atoms with E-state index in [1.165, 1.54) is 0 Å². The third-order valence-electron chi connectivity index (χ3n) is 4.27. The van der Waals surface area contributed by atoms with E-state index in [1.54, 1.807) is 23.0 Å². The van der Waals surface area contributed by atoms with E-state index in [4.69, 9.17) is 16.3 Å². The molecule has 0 bridgehead atoms. The Morgan fingerprint density at radius 2 is 2.04 bits per heavy atom. The minimum Gasteiger partial charge on any atom is -0.492 e. The van der Waals surface area contributed by atoms with E-state index in [0.717, 1.165) is 31.7 Å². The molecular weight excluding hydrogens is 363 g/mol. The first-order valence-electron chi connectivity index (χ1n) is 8.08. The molecule has 1 amide bonds. The molecule has 0 aliphatic carbocycles. The van der Waals surface area contributed by atoms with Crippen LogP contribution in [0.3, 0.4) is 0 Å². The van der Waals surface area contributed by atoms with Gasteiger partial charge in [0.05, 0.1) is 6.54 Å². The maximum Gasteiger partial charge on any atom is 0.248 e. The molecule has 2 aromatic rings. The molecular formula is C17H22Cl2N4O2. The molecule has 1 aromatic carbocycles. The predicted molar refractivity (Wildman–Crippen MR) is 99.5 cm³/mol. The van der Waals surface area contributed by atoms with Gasteiger partial charge in [0, 0.05) is 17.4 Å². The lowest BCUT2D eigenvalue weighted by Gasteiger charge is -2.36. The Hall–Kier alpha value is -1.76. The van der Waals surface area contributed by atoms with Gasteiger partial charge in [0.15, 0.2) is 0 Å². The topological polar surface area (TPSA) is 68.2 Å². The first-order valence-corrected chi connectivity index (χ1v) is 8.46. The molecule has 0 radical (unpaired) electrons. The fourth-order valence-electron chi connectivity index (χ4n) is 2.95. The van der Waals surface area contributed by atoms with Crippen molar-refractivity contribution in [2.75, 3.05) is 26.2 Å². The number of amides is 1. The van der Waals surface area contributed by atoms with E-state index in [-0.39, 0.29) is 18.3 Å². The minimum atomic E-state index is -0.616. The summed E-state index contributed by atoms with van der Waals surface area (Å²) in [4.78, 5) is 12.8. The lowest BCUT2D eigenvalue weighted by atomic mass is 9.87. The van der Waals surface area contributed by atoms with Crippen molar-refractivity contribution in [1.82, 2.24) is 20.4 Å². The predicted octanol–water partition coefficient (Wildman–Crippen LogP) is 2.23. The number of piperidine rings is 1. The van der Waals surface area contributed by atoms with Gasteiger partial charge in [0.25, 0.3) is 0 Å². The quantitative estimate of drug-likeness (QED) is 0.749. The second-order valence-corrected chi connectivity index (χ2v) is 6.23. The van der Waals surface area contributed by atoms with Crippen LogP contribution >= 0.6 is 24.0 Å². The summed E-state index contributed by atoms with van der Waals surface area (Å²) in [6.07, 6.45) is 5.01. The van der Waals surface area contributed by atoms with Crippen LogP contribution in [-0.4, -0.2) is 41.9 Å². The van der Waals surface area contributed by atoms with Gasteiger partial charge in [0.1, 0.15) is 17.9 Å². The van der Waals surface area contributed by atoms with Crippen LogP contribution in [0.15, 0.2) is 42.7 Å². The Morgan fingerprint density at radius 1 is 1.32 bits per heavy atom. The molecule has 1 aromatic heterocycles. The lowest BCUT2D eigenvalue weighted by Crippen LogP contribution is -2.55. The van der Waals surface area contributed by atoms with E-state index in [2.05, 4.69) is 15.7 Å². The summed E-state index contributed by atoms with van der Waals surface area (Å²) in [5.41, 5.74) is -0.616. The number of aromatic nitrogens is 2. The van der Waals surface area contributed by atoms with Gasteiger partial charge in [-0.3, -0.25) is 9.48 Å². The van der Waals surface area contributed by atoms with Crippen LogP contribution in [0.2, 0.25) is 5.02 Å². The molecule has 0 atom stereocenters. The summed E-state index contributed by atoms with van der Waals surface area (Å²) in [5, 5.41) is 11.2. The highest BCUT2D eigenvalue weighted by Gasteiger charge is 2.41. The van der Waals surface area contributed by atoms with Gasteiger partial charge in [-0.2, -0.15) is 5.10 Å². The number of rotatable bonds is 6. The number of nitrogens with zero attached hydrogens (tertiary/aromatic N) is 2. The SMILES string of the molecule is Cl.O=C(NCCOc1ccc(Cl)cc1)C1(n2cccn2)CCNCC1. The highest BCUT2D eigenvalue weighted by molar-refractivity contribution is 6.30. The first-order chi connectivity index (χ1) is 11.7. The van der Waals surface area contributed by atoms with Crippen molar-refractivity contribution < 1.29 is 9.53 Å². The second-order valence-electron chi connectivity index (χ2n) is 5.79. The van der Waals surface area contributed by atoms with Crippen molar-refractivity contribution in [3.8, 4) is 5.75 Å². The largest absolute Gasteiger partial charge is 0.492 e. The van der Waals surface area contributed by atoms with Crippen LogP contribution in [-0.2, 0) is 10.3 Å². The molecule has 3 rings (SSSR count). The number of nitrogens with one attached hydrogen (secondary N) is 2. The average molecular weight is 385 g/mol. The van der Waals surface area contributed by atoms with E-state index < -0.39 is 5.54 Å². The summed E-state index contributed by atoms with van der Waals surface area (Å²) in [7, 11) is 0. The molecule has 0 saturated carbocycles. The van der Waals surface area contributed by atoms with Gasteiger partial charge in [-0.05, 0) is 56.3 Å². The van der Waals surface area contributed by atoms with Gasteiger partial charge in [-0.25, -0.2) is 0 Å². The zero-order valence-corrected chi connectivity index (χ0v) is 15.4. The number of halogens is 2. The van der Waals surface area contributed by atoms with Crippen LogP contribution in [0.25, 0.3) is 0 Å². The fraction of sp³-hybridized carbons (Fsp3) is 0.412. The first kappa shape index (κ1) is 19.6. The minimum absolute atomic E-state index is 0. The van der Waals surface area contributed by atoms with Gasteiger partial charge in [-0.1, -0.05) is 11.6 Å². The number of benzene rings is 1. The second kappa shape index (κ2) is 9.08. The van der Waals surface area contributed by atoms with Gasteiger partial charge in [-0.15, -0.1) is 12.4 Å². The van der Waals surface area contributed by atoms with Crippen LogP contribution < -0.4 is 15.4 Å². The van der Waals surface area contributed by atoms with Crippen LogP contribution in [0.5, 0.6) is 5.75 Å². The Bertz CT molecular complexity index is 656. The molecule has 0 unspecified atom stereocenters. The molecule has 8 heteroatoms. The third kappa shape index (κ3) is 4.66. The third-order valence-corrected chi connectivity index (χ3v) is 4.52. The zero-order chi connectivity index (χ0) is 16.8. The molecule has 1 aliphatic rings. The van der Waals surface area contributed by atoms with Crippen molar-refractivity contribution in [2.45, 2.75) is 18.4 Å². The van der Waals surface area contributed by atoms with Crippen molar-refractivity contribution in [3.63, 3.8) is 0 Å². The Balaban J connectivity index is 0.00000225. The number of hydrogen-bond donors (Lipinski definition) is 2. The number of hydrogen-bond acceptors (Lipinski definition) is 4. The number of carbonyl (C=O) groups excluding carboxylic acids is 1. The van der Waals surface area contributed by atoms with Gasteiger partial charge >= 0.3 is 0 Å². The molecule has 0 spiro atoms. The maximum absolute atomic E-state index is 12.8. The van der Waals surface area contributed by atoms with E-state index in [9.17, 15) is 4.79 Å².